The van der Waals surface area contributed by atoms with Crippen molar-refractivity contribution in [3.05, 3.63) is 65.9 Å². The summed E-state index contributed by atoms with van der Waals surface area (Å²) in [6.45, 7) is 2.37. The van der Waals surface area contributed by atoms with Gasteiger partial charge in [0.1, 0.15) is 12.4 Å². The third-order valence-electron chi connectivity index (χ3n) is 4.92. The number of amides is 1. The predicted octanol–water partition coefficient (Wildman–Crippen LogP) is 1.53. The van der Waals surface area contributed by atoms with Crippen LogP contribution in [0.25, 0.3) is 10.9 Å². The number of benzene rings is 2. The van der Waals surface area contributed by atoms with Gasteiger partial charge in [-0.05, 0) is 30.2 Å². The van der Waals surface area contributed by atoms with Crippen LogP contribution in [0.4, 0.5) is 0 Å². The lowest BCUT2D eigenvalue weighted by atomic mass is 10.00. The van der Waals surface area contributed by atoms with Gasteiger partial charge >= 0.3 is 0 Å². The van der Waals surface area contributed by atoms with Gasteiger partial charge in [0.2, 0.25) is 5.78 Å². The highest BCUT2D eigenvalue weighted by Gasteiger charge is 2.22. The Hall–Kier alpha value is -3.81. The topological polar surface area (TPSA) is 139 Å². The molecule has 8 nitrogen and oxygen atoms in total. The van der Waals surface area contributed by atoms with Crippen LogP contribution in [0.15, 0.2) is 59.7 Å². The van der Waals surface area contributed by atoms with Crippen molar-refractivity contribution in [2.45, 2.75) is 19.9 Å². The number of fused-ring (bicyclic) bond motifs is 1. The zero-order valence-corrected chi connectivity index (χ0v) is 16.7. The molecule has 6 N–H and O–H groups in total. The molecular formula is C22H25N5O3. The van der Waals surface area contributed by atoms with E-state index in [-0.39, 0.29) is 12.4 Å². The summed E-state index contributed by atoms with van der Waals surface area (Å²) < 4.78 is 7.90. The van der Waals surface area contributed by atoms with Gasteiger partial charge in [0, 0.05) is 23.5 Å². The van der Waals surface area contributed by atoms with Crippen LogP contribution in [0.1, 0.15) is 18.2 Å². The number of nitrogens with two attached hydrogens (primary N) is 3. The van der Waals surface area contributed by atoms with Crippen LogP contribution in [0.3, 0.4) is 0 Å². The van der Waals surface area contributed by atoms with Crippen LogP contribution in [0, 0.1) is 5.92 Å². The summed E-state index contributed by atoms with van der Waals surface area (Å²) in [5, 5.41) is 4.29. The van der Waals surface area contributed by atoms with E-state index in [2.05, 4.69) is 9.67 Å². The number of carbonyl (C=O) groups is 2. The van der Waals surface area contributed by atoms with Crippen LogP contribution >= 0.6 is 0 Å². The lowest BCUT2D eigenvalue weighted by Crippen LogP contribution is -2.30. The molecule has 0 radical (unpaired) electrons. The highest BCUT2D eigenvalue weighted by molar-refractivity contribution is 6.36. The Kier molecular flexibility index (Phi) is 6.36. The van der Waals surface area contributed by atoms with Gasteiger partial charge in [0.05, 0.1) is 5.52 Å². The number of Topliss-reactive ketones (excluding diaryl/α,β-unsaturated/α-hetero) is 1. The second-order valence-corrected chi connectivity index (χ2v) is 7.14. The number of primary amides is 1. The van der Waals surface area contributed by atoms with Crippen molar-refractivity contribution in [3.63, 3.8) is 0 Å². The molecule has 1 atom stereocenters. The number of amidine groups is 1. The van der Waals surface area contributed by atoms with Gasteiger partial charge in [-0.2, -0.15) is 5.10 Å². The summed E-state index contributed by atoms with van der Waals surface area (Å²) in [6.07, 6.45) is 0.370. The smallest absolute Gasteiger partial charge is 0.285 e. The van der Waals surface area contributed by atoms with E-state index in [1.54, 1.807) is 6.92 Å². The van der Waals surface area contributed by atoms with Gasteiger partial charge in [-0.3, -0.25) is 9.59 Å². The van der Waals surface area contributed by atoms with Crippen LogP contribution in [-0.4, -0.2) is 28.7 Å². The maximum Gasteiger partial charge on any atom is 0.285 e. The Morgan fingerprint density at radius 3 is 2.50 bits per heavy atom. The number of hydrogen-bond acceptors (Lipinski definition) is 5. The van der Waals surface area contributed by atoms with Gasteiger partial charge in [0.15, 0.2) is 5.84 Å². The monoisotopic (exact) mass is 407 g/mol. The zero-order valence-electron chi connectivity index (χ0n) is 16.7. The van der Waals surface area contributed by atoms with Crippen molar-refractivity contribution in [3.8, 4) is 5.75 Å². The fraction of sp³-hybridized carbons (Fsp3) is 0.227. The summed E-state index contributed by atoms with van der Waals surface area (Å²) in [6, 6.07) is 17.6. The van der Waals surface area contributed by atoms with E-state index in [1.165, 1.54) is 0 Å². The van der Waals surface area contributed by atoms with E-state index in [1.807, 2.05) is 54.6 Å². The van der Waals surface area contributed by atoms with Crippen LogP contribution in [-0.2, 0) is 22.6 Å². The molecule has 0 spiro atoms. The second kappa shape index (κ2) is 9.13. The highest BCUT2D eigenvalue weighted by atomic mass is 16.5. The van der Waals surface area contributed by atoms with Crippen molar-refractivity contribution >= 4 is 28.4 Å². The number of carbonyl (C=O) groups excluding carboxylic acids is 2. The quantitative estimate of drug-likeness (QED) is 0.162. The minimum Gasteiger partial charge on any atom is -0.485 e. The summed E-state index contributed by atoms with van der Waals surface area (Å²) in [5.74, 6) is 3.94. The lowest BCUT2D eigenvalue weighted by molar-refractivity contribution is -0.138. The molecule has 2 aromatic carbocycles. The Labute approximate surface area is 174 Å². The minimum atomic E-state index is -0.922. The molecule has 8 heteroatoms. The molecule has 30 heavy (non-hydrogen) atoms. The average molecular weight is 407 g/mol. The molecule has 0 saturated heterocycles. The summed E-state index contributed by atoms with van der Waals surface area (Å²) in [7, 11) is 0. The molecule has 0 aliphatic rings. The molecule has 0 fully saturated rings. The average Bonchev–Trinajstić information content (AvgIpc) is 3.09. The molecule has 1 unspecified atom stereocenters. The van der Waals surface area contributed by atoms with Crippen LogP contribution in [0.2, 0.25) is 0 Å². The van der Waals surface area contributed by atoms with Gasteiger partial charge < -0.3 is 26.6 Å². The van der Waals surface area contributed by atoms with Crippen molar-refractivity contribution in [1.29, 1.82) is 0 Å². The first-order chi connectivity index (χ1) is 14.4. The maximum absolute atomic E-state index is 12.1. The first kappa shape index (κ1) is 20.9. The van der Waals surface area contributed by atoms with Gasteiger partial charge in [-0.1, -0.05) is 43.3 Å². The summed E-state index contributed by atoms with van der Waals surface area (Å²) >= 11 is 0. The third kappa shape index (κ3) is 4.60. The number of hydrazone groups is 1. The molecule has 1 heterocycles. The Morgan fingerprint density at radius 2 is 1.83 bits per heavy atom. The fourth-order valence-electron chi connectivity index (χ4n) is 3.40. The van der Waals surface area contributed by atoms with Crippen molar-refractivity contribution in [2.24, 2.45) is 28.3 Å². The van der Waals surface area contributed by atoms with Crippen molar-refractivity contribution < 1.29 is 14.3 Å². The number of aromatic nitrogens is 1. The van der Waals surface area contributed by atoms with E-state index in [0.29, 0.717) is 18.7 Å². The van der Waals surface area contributed by atoms with Crippen LogP contribution < -0.4 is 22.0 Å². The molecular weight excluding hydrogens is 382 g/mol. The van der Waals surface area contributed by atoms with Gasteiger partial charge in [-0.25, -0.2) is 0 Å². The van der Waals surface area contributed by atoms with Crippen molar-refractivity contribution in [1.82, 2.24) is 4.57 Å². The zero-order chi connectivity index (χ0) is 21.7. The SMILES string of the molecule is CC(Cc1cc2c(OC/C(N)=N/N)cccc2n1Cc1ccccc1)C(=O)C(N)=O. The molecule has 1 aromatic heterocycles. The third-order valence-corrected chi connectivity index (χ3v) is 4.92. The van der Waals surface area contributed by atoms with E-state index in [9.17, 15) is 9.59 Å². The molecule has 156 valence electrons. The molecule has 1 amide bonds. The number of nitrogens with zero attached hydrogens (tertiary/aromatic N) is 2. The fourth-order valence-corrected chi connectivity index (χ4v) is 3.40. The normalized spacial score (nSPS) is 12.6. The molecule has 0 aliphatic heterocycles. The minimum absolute atomic E-state index is 0.0609. The maximum atomic E-state index is 12.1. The number of ether oxygens (including phenoxy) is 1. The Balaban J connectivity index is 2.04. The standard InChI is InChI=1S/C22H25N5O3/c1-14(21(28)22(24)29)10-16-11-17-18(27(16)12-15-6-3-2-4-7-15)8-5-9-19(17)30-13-20(23)26-25/h2-9,11,14H,10,12-13,25H2,1H3,(H2,23,26)(H2,24,29). The lowest BCUT2D eigenvalue weighted by Gasteiger charge is -2.14. The molecule has 0 aliphatic carbocycles. The number of rotatable bonds is 9. The van der Waals surface area contributed by atoms with E-state index < -0.39 is 17.6 Å². The largest absolute Gasteiger partial charge is 0.485 e. The first-order valence-electron chi connectivity index (χ1n) is 9.54. The summed E-state index contributed by atoms with van der Waals surface area (Å²) in [4.78, 5) is 23.4. The first-order valence-corrected chi connectivity index (χ1v) is 9.54. The van der Waals surface area contributed by atoms with Gasteiger partial charge in [0.25, 0.3) is 5.91 Å². The van der Waals surface area contributed by atoms with Crippen molar-refractivity contribution in [2.75, 3.05) is 6.61 Å². The van der Waals surface area contributed by atoms with E-state index >= 15 is 0 Å². The Morgan fingerprint density at radius 1 is 1.10 bits per heavy atom. The summed E-state index contributed by atoms with van der Waals surface area (Å²) in [5.41, 5.74) is 13.8. The van der Waals surface area contributed by atoms with Crippen LogP contribution in [0.5, 0.6) is 5.75 Å². The molecule has 0 bridgehead atoms. The second-order valence-electron chi connectivity index (χ2n) is 7.14. The van der Waals surface area contributed by atoms with E-state index in [0.717, 1.165) is 22.2 Å². The number of ketones is 1. The predicted molar refractivity (Wildman–Crippen MR) is 116 cm³/mol. The van der Waals surface area contributed by atoms with Gasteiger partial charge in [-0.15, -0.1) is 0 Å². The van der Waals surface area contributed by atoms with E-state index in [4.69, 9.17) is 22.0 Å². The molecule has 3 rings (SSSR count). The Bertz CT molecular complexity index is 1090. The number of hydrogen-bond donors (Lipinski definition) is 3. The highest BCUT2D eigenvalue weighted by Crippen LogP contribution is 2.31. The molecule has 3 aromatic rings. The molecule has 0 saturated carbocycles.